The highest BCUT2D eigenvalue weighted by Gasteiger charge is 2.05. The average molecular weight is 183 g/mol. The van der Waals surface area contributed by atoms with E-state index in [0.29, 0.717) is 0 Å². The third-order valence-corrected chi connectivity index (χ3v) is 2.40. The van der Waals surface area contributed by atoms with Crippen LogP contribution in [0.4, 0.5) is 0 Å². The summed E-state index contributed by atoms with van der Waals surface area (Å²) < 4.78 is 5.69. The van der Waals surface area contributed by atoms with E-state index in [2.05, 4.69) is 11.1 Å². The van der Waals surface area contributed by atoms with Gasteiger partial charge in [0.2, 0.25) is 0 Å². The molecule has 3 aromatic rings. The van der Waals surface area contributed by atoms with Crippen LogP contribution in [-0.4, -0.2) is 4.98 Å². The van der Waals surface area contributed by atoms with Crippen LogP contribution >= 0.6 is 0 Å². The Bertz CT molecular complexity index is 610. The summed E-state index contributed by atoms with van der Waals surface area (Å²) in [5.74, 6) is 0. The monoisotopic (exact) mass is 183 g/mol. The van der Waals surface area contributed by atoms with Crippen molar-refractivity contribution in [3.05, 3.63) is 42.2 Å². The molecule has 0 amide bonds. The maximum atomic E-state index is 5.69. The maximum Gasteiger partial charge on any atom is 0.138 e. The van der Waals surface area contributed by atoms with Gasteiger partial charge >= 0.3 is 0 Å². The molecule has 0 aliphatic rings. The molecule has 0 atom stereocenters. The van der Waals surface area contributed by atoms with E-state index >= 15 is 0 Å². The van der Waals surface area contributed by atoms with Gasteiger partial charge in [-0.25, -0.2) is 0 Å². The molecule has 0 bridgehead atoms. The van der Waals surface area contributed by atoms with Gasteiger partial charge < -0.3 is 4.42 Å². The number of para-hydroxylation sites is 1. The molecule has 2 nitrogen and oxygen atoms in total. The zero-order valence-electron chi connectivity index (χ0n) is 7.82. The molecule has 0 radical (unpaired) electrons. The number of nitrogens with zero attached hydrogens (tertiary/aromatic N) is 1. The van der Waals surface area contributed by atoms with Gasteiger partial charge in [-0.2, -0.15) is 0 Å². The van der Waals surface area contributed by atoms with Crippen LogP contribution in [0.2, 0.25) is 0 Å². The Morgan fingerprint density at radius 1 is 1.07 bits per heavy atom. The summed E-state index contributed by atoms with van der Waals surface area (Å²) in [7, 11) is 0. The first-order chi connectivity index (χ1) is 6.84. The normalized spacial score (nSPS) is 11.2. The van der Waals surface area contributed by atoms with Crippen molar-refractivity contribution in [2.75, 3.05) is 0 Å². The van der Waals surface area contributed by atoms with Gasteiger partial charge in [0.25, 0.3) is 0 Å². The van der Waals surface area contributed by atoms with E-state index in [4.69, 9.17) is 4.42 Å². The first kappa shape index (κ1) is 7.56. The number of benzene rings is 1. The number of rotatable bonds is 0. The van der Waals surface area contributed by atoms with Gasteiger partial charge in [0, 0.05) is 28.7 Å². The minimum Gasteiger partial charge on any atom is -0.456 e. The summed E-state index contributed by atoms with van der Waals surface area (Å²) in [5, 5.41) is 2.22. The summed E-state index contributed by atoms with van der Waals surface area (Å²) in [6, 6.07) is 9.99. The van der Waals surface area contributed by atoms with Gasteiger partial charge in [-0.3, -0.25) is 4.98 Å². The van der Waals surface area contributed by atoms with E-state index in [-0.39, 0.29) is 0 Å². The van der Waals surface area contributed by atoms with Gasteiger partial charge in [-0.05, 0) is 13.0 Å². The second-order valence-corrected chi connectivity index (χ2v) is 3.42. The lowest BCUT2D eigenvalue weighted by molar-refractivity contribution is 0.668. The fourth-order valence-corrected chi connectivity index (χ4v) is 1.72. The van der Waals surface area contributed by atoms with Crippen LogP contribution in [0.25, 0.3) is 21.9 Å². The van der Waals surface area contributed by atoms with Gasteiger partial charge in [0.15, 0.2) is 0 Å². The van der Waals surface area contributed by atoms with Crippen molar-refractivity contribution in [3.8, 4) is 0 Å². The summed E-state index contributed by atoms with van der Waals surface area (Å²) in [6.45, 7) is 1.96. The number of furan rings is 1. The summed E-state index contributed by atoms with van der Waals surface area (Å²) >= 11 is 0. The molecule has 0 unspecified atom stereocenters. The van der Waals surface area contributed by atoms with Crippen molar-refractivity contribution in [1.82, 2.24) is 4.98 Å². The number of hydrogen-bond donors (Lipinski definition) is 0. The van der Waals surface area contributed by atoms with E-state index < -0.39 is 0 Å². The molecule has 0 aliphatic heterocycles. The highest BCUT2D eigenvalue weighted by Crippen LogP contribution is 2.27. The van der Waals surface area contributed by atoms with Gasteiger partial charge in [0.1, 0.15) is 11.2 Å². The number of pyridine rings is 1. The van der Waals surface area contributed by atoms with Crippen LogP contribution in [0.15, 0.2) is 40.9 Å². The molecule has 0 saturated heterocycles. The van der Waals surface area contributed by atoms with E-state index in [1.807, 2.05) is 37.4 Å². The molecule has 1 aromatic carbocycles. The van der Waals surface area contributed by atoms with Crippen LogP contribution in [0.3, 0.4) is 0 Å². The predicted octanol–water partition coefficient (Wildman–Crippen LogP) is 3.29. The Kier molecular flexibility index (Phi) is 1.39. The topological polar surface area (TPSA) is 26.0 Å². The Labute approximate surface area is 81.2 Å². The fraction of sp³-hybridized carbons (Fsp3) is 0.0833. The molecule has 3 rings (SSSR count). The molecular formula is C12H9NO. The van der Waals surface area contributed by atoms with Crippen LogP contribution in [0.1, 0.15) is 5.69 Å². The third-order valence-electron chi connectivity index (χ3n) is 2.40. The number of hydrogen-bond acceptors (Lipinski definition) is 2. The van der Waals surface area contributed by atoms with Crippen LogP contribution < -0.4 is 0 Å². The Balaban J connectivity index is 2.57. The molecule has 0 N–H and O–H groups in total. The molecule has 0 spiro atoms. The van der Waals surface area contributed by atoms with Crippen LogP contribution in [0, 0.1) is 6.92 Å². The van der Waals surface area contributed by atoms with Crippen molar-refractivity contribution < 1.29 is 4.42 Å². The minimum absolute atomic E-state index is 0.915. The highest BCUT2D eigenvalue weighted by atomic mass is 16.3. The van der Waals surface area contributed by atoms with Gasteiger partial charge in [-0.15, -0.1) is 0 Å². The lowest BCUT2D eigenvalue weighted by Crippen LogP contribution is -1.76. The Hall–Kier alpha value is -1.83. The average Bonchev–Trinajstić information content (AvgIpc) is 2.54. The number of fused-ring (bicyclic) bond motifs is 3. The second-order valence-electron chi connectivity index (χ2n) is 3.42. The third kappa shape index (κ3) is 0.940. The lowest BCUT2D eigenvalue weighted by atomic mass is 10.2. The highest BCUT2D eigenvalue weighted by molar-refractivity contribution is 6.04. The van der Waals surface area contributed by atoms with Crippen LogP contribution in [0.5, 0.6) is 0 Å². The van der Waals surface area contributed by atoms with E-state index in [0.717, 1.165) is 27.6 Å². The quantitative estimate of drug-likeness (QED) is 0.534. The number of aromatic nitrogens is 1. The Morgan fingerprint density at radius 2 is 1.93 bits per heavy atom. The zero-order chi connectivity index (χ0) is 9.54. The maximum absolute atomic E-state index is 5.69. The second kappa shape index (κ2) is 2.58. The summed E-state index contributed by atoms with van der Waals surface area (Å²) in [5.41, 5.74) is 2.82. The van der Waals surface area contributed by atoms with Crippen molar-refractivity contribution in [1.29, 1.82) is 0 Å². The number of aryl methyl sites for hydroxylation is 1. The van der Waals surface area contributed by atoms with Gasteiger partial charge in [-0.1, -0.05) is 18.2 Å². The predicted molar refractivity (Wildman–Crippen MR) is 56.3 cm³/mol. The first-order valence-electron chi connectivity index (χ1n) is 4.58. The summed E-state index contributed by atoms with van der Waals surface area (Å²) in [4.78, 5) is 4.27. The fourth-order valence-electron chi connectivity index (χ4n) is 1.72. The lowest BCUT2D eigenvalue weighted by Gasteiger charge is -1.89. The summed E-state index contributed by atoms with van der Waals surface area (Å²) in [6.07, 6.45) is 1.87. The molecule has 2 heterocycles. The van der Waals surface area contributed by atoms with Crippen molar-refractivity contribution in [3.63, 3.8) is 0 Å². The molecule has 0 fully saturated rings. The molecule has 0 aliphatic carbocycles. The molecule has 0 saturated carbocycles. The van der Waals surface area contributed by atoms with Crippen molar-refractivity contribution in [2.45, 2.75) is 6.92 Å². The van der Waals surface area contributed by atoms with Crippen molar-refractivity contribution >= 4 is 21.9 Å². The molecular weight excluding hydrogens is 174 g/mol. The smallest absolute Gasteiger partial charge is 0.138 e. The molecule has 2 heteroatoms. The van der Waals surface area contributed by atoms with Gasteiger partial charge in [0.05, 0.1) is 0 Å². The molecule has 68 valence electrons. The SMILES string of the molecule is Cc1cc2oc3ccccc3c2cn1. The van der Waals surface area contributed by atoms with E-state index in [1.165, 1.54) is 0 Å². The Morgan fingerprint density at radius 3 is 2.86 bits per heavy atom. The standard InChI is InChI=1S/C12H9NO/c1-8-6-12-10(7-13-8)9-4-2-3-5-11(9)14-12/h2-7H,1H3. The first-order valence-corrected chi connectivity index (χ1v) is 4.58. The molecule has 2 aromatic heterocycles. The molecule has 14 heavy (non-hydrogen) atoms. The largest absolute Gasteiger partial charge is 0.456 e. The minimum atomic E-state index is 0.915. The van der Waals surface area contributed by atoms with Crippen molar-refractivity contribution in [2.24, 2.45) is 0 Å². The van der Waals surface area contributed by atoms with Crippen LogP contribution in [-0.2, 0) is 0 Å². The zero-order valence-corrected chi connectivity index (χ0v) is 7.82. The van der Waals surface area contributed by atoms with E-state index in [1.54, 1.807) is 0 Å². The van der Waals surface area contributed by atoms with E-state index in [9.17, 15) is 0 Å².